The Morgan fingerprint density at radius 3 is 2.77 bits per heavy atom. The topological polar surface area (TPSA) is 71.3 Å². The lowest BCUT2D eigenvalue weighted by Crippen LogP contribution is -2.53. The number of nitrogens with zero attached hydrogens (tertiary/aromatic N) is 1. The highest BCUT2D eigenvalue weighted by atomic mass is 16.5. The number of nitrogens with two attached hydrogens (primary N) is 1. The highest BCUT2D eigenvalue weighted by Gasteiger charge is 2.29. The molecule has 5 nitrogen and oxygen atoms in total. The van der Waals surface area contributed by atoms with Gasteiger partial charge in [0.15, 0.2) is 0 Å². The number of morpholine rings is 1. The lowest BCUT2D eigenvalue weighted by Gasteiger charge is -2.36. The molecular weight excluding hydrogens is 278 g/mol. The third kappa shape index (κ3) is 3.00. The maximum atomic E-state index is 12.6. The zero-order chi connectivity index (χ0) is 15.7. The van der Waals surface area contributed by atoms with Crippen LogP contribution in [0.2, 0.25) is 0 Å². The number of carbonyl (C=O) groups is 1. The Kier molecular flexibility index (Phi) is 4.18. The van der Waals surface area contributed by atoms with Gasteiger partial charge < -0.3 is 20.4 Å². The van der Waals surface area contributed by atoms with Crippen molar-refractivity contribution < 1.29 is 9.53 Å². The van der Waals surface area contributed by atoms with Crippen molar-refractivity contribution in [3.05, 3.63) is 36.0 Å². The van der Waals surface area contributed by atoms with Crippen molar-refractivity contribution in [2.24, 2.45) is 5.73 Å². The van der Waals surface area contributed by atoms with E-state index in [-0.39, 0.29) is 18.1 Å². The first-order valence-electron chi connectivity index (χ1n) is 7.79. The van der Waals surface area contributed by atoms with Crippen molar-refractivity contribution in [2.75, 3.05) is 13.1 Å². The number of fused-ring (bicyclic) bond motifs is 1. The second kappa shape index (κ2) is 6.10. The van der Waals surface area contributed by atoms with Gasteiger partial charge >= 0.3 is 0 Å². The van der Waals surface area contributed by atoms with Gasteiger partial charge in [-0.1, -0.05) is 18.2 Å². The zero-order valence-electron chi connectivity index (χ0n) is 13.1. The first-order chi connectivity index (χ1) is 10.5. The van der Waals surface area contributed by atoms with Gasteiger partial charge in [-0.2, -0.15) is 0 Å². The molecule has 1 amide bonds. The SMILES string of the molecule is C[C@@H]1CN(C(=O)[C@@H](N)Cc2c[nH]c3ccccc23)C[C@H](C)O1. The average molecular weight is 301 g/mol. The molecule has 0 saturated carbocycles. The van der Waals surface area contributed by atoms with Crippen molar-refractivity contribution in [1.82, 2.24) is 9.88 Å². The second-order valence-corrected chi connectivity index (χ2v) is 6.17. The summed E-state index contributed by atoms with van der Waals surface area (Å²) in [4.78, 5) is 17.6. The molecule has 0 unspecified atom stereocenters. The molecule has 1 aromatic heterocycles. The molecule has 22 heavy (non-hydrogen) atoms. The van der Waals surface area contributed by atoms with Crippen LogP contribution in [0.15, 0.2) is 30.5 Å². The first-order valence-corrected chi connectivity index (χ1v) is 7.79. The lowest BCUT2D eigenvalue weighted by atomic mass is 10.0. The zero-order valence-corrected chi connectivity index (χ0v) is 13.1. The number of nitrogens with one attached hydrogen (secondary N) is 1. The predicted molar refractivity (Wildman–Crippen MR) is 86.6 cm³/mol. The highest BCUT2D eigenvalue weighted by Crippen LogP contribution is 2.20. The number of H-pyrrole nitrogens is 1. The number of aromatic nitrogens is 1. The number of aromatic amines is 1. The van der Waals surface area contributed by atoms with E-state index in [0.717, 1.165) is 16.5 Å². The van der Waals surface area contributed by atoms with Crippen molar-refractivity contribution in [2.45, 2.75) is 38.5 Å². The molecule has 1 saturated heterocycles. The Labute approximate surface area is 130 Å². The van der Waals surface area contributed by atoms with Crippen LogP contribution in [0.25, 0.3) is 10.9 Å². The van der Waals surface area contributed by atoms with Crippen LogP contribution < -0.4 is 5.73 Å². The number of para-hydroxylation sites is 1. The molecule has 0 bridgehead atoms. The minimum absolute atomic E-state index is 0.00674. The van der Waals surface area contributed by atoms with Gasteiger partial charge in [0, 0.05) is 30.2 Å². The largest absolute Gasteiger partial charge is 0.372 e. The van der Waals surface area contributed by atoms with Gasteiger partial charge in [-0.3, -0.25) is 4.79 Å². The van der Waals surface area contributed by atoms with Gasteiger partial charge in [0.2, 0.25) is 5.91 Å². The fourth-order valence-electron chi connectivity index (χ4n) is 3.22. The molecule has 0 spiro atoms. The van der Waals surface area contributed by atoms with Gasteiger partial charge in [0.05, 0.1) is 18.2 Å². The van der Waals surface area contributed by atoms with E-state index < -0.39 is 6.04 Å². The Hall–Kier alpha value is -1.85. The smallest absolute Gasteiger partial charge is 0.240 e. The molecule has 1 aromatic carbocycles. The summed E-state index contributed by atoms with van der Waals surface area (Å²) in [5.74, 6) is 0.00674. The molecule has 2 aromatic rings. The van der Waals surface area contributed by atoms with Crippen LogP contribution in [0.1, 0.15) is 19.4 Å². The fraction of sp³-hybridized carbons (Fsp3) is 0.471. The van der Waals surface area contributed by atoms with Gasteiger partial charge in [-0.05, 0) is 31.9 Å². The summed E-state index contributed by atoms with van der Waals surface area (Å²) >= 11 is 0. The molecule has 3 N–H and O–H groups in total. The summed E-state index contributed by atoms with van der Waals surface area (Å²) in [7, 11) is 0. The van der Waals surface area contributed by atoms with Crippen LogP contribution in [-0.4, -0.2) is 47.1 Å². The molecule has 0 aliphatic carbocycles. The molecule has 3 rings (SSSR count). The van der Waals surface area contributed by atoms with E-state index in [2.05, 4.69) is 11.1 Å². The summed E-state index contributed by atoms with van der Waals surface area (Å²) < 4.78 is 5.67. The number of amides is 1. The van der Waals surface area contributed by atoms with Crippen molar-refractivity contribution in [3.63, 3.8) is 0 Å². The predicted octanol–water partition coefficient (Wildman–Crippen LogP) is 1.67. The maximum Gasteiger partial charge on any atom is 0.240 e. The molecule has 1 aliphatic rings. The summed E-state index contributed by atoms with van der Waals surface area (Å²) in [6.45, 7) is 5.21. The Bertz CT molecular complexity index is 657. The van der Waals surface area contributed by atoms with E-state index >= 15 is 0 Å². The lowest BCUT2D eigenvalue weighted by molar-refractivity contribution is -0.144. The number of carbonyl (C=O) groups excluding carboxylic acids is 1. The van der Waals surface area contributed by atoms with E-state index in [9.17, 15) is 4.79 Å². The van der Waals surface area contributed by atoms with Gasteiger partial charge in [-0.15, -0.1) is 0 Å². The summed E-state index contributed by atoms with van der Waals surface area (Å²) in [5.41, 5.74) is 8.34. The van der Waals surface area contributed by atoms with E-state index in [0.29, 0.717) is 19.5 Å². The highest BCUT2D eigenvalue weighted by molar-refractivity contribution is 5.86. The van der Waals surface area contributed by atoms with Crippen molar-refractivity contribution >= 4 is 16.8 Å². The van der Waals surface area contributed by atoms with Crippen LogP contribution in [0, 0.1) is 0 Å². The Morgan fingerprint density at radius 2 is 2.05 bits per heavy atom. The summed E-state index contributed by atoms with van der Waals surface area (Å²) in [6.07, 6.45) is 2.62. The van der Waals surface area contributed by atoms with E-state index in [4.69, 9.17) is 10.5 Å². The molecule has 1 aliphatic heterocycles. The minimum atomic E-state index is -0.517. The second-order valence-electron chi connectivity index (χ2n) is 6.17. The standard InChI is InChI=1S/C17H23N3O2/c1-11-9-20(10-12(2)22-11)17(21)15(18)7-13-8-19-16-6-4-3-5-14(13)16/h3-6,8,11-12,15,19H,7,9-10,18H2,1-2H3/t11-,12+,15-/m0/s1. The van der Waals surface area contributed by atoms with Gasteiger partial charge in [0.1, 0.15) is 0 Å². The first kappa shape index (κ1) is 15.1. The maximum absolute atomic E-state index is 12.6. The van der Waals surface area contributed by atoms with Crippen LogP contribution in [0.5, 0.6) is 0 Å². The molecule has 3 atom stereocenters. The molecule has 0 radical (unpaired) electrons. The normalized spacial score (nSPS) is 23.7. The Balaban J connectivity index is 1.71. The monoisotopic (exact) mass is 301 g/mol. The number of benzene rings is 1. The third-order valence-corrected chi connectivity index (χ3v) is 4.16. The van der Waals surface area contributed by atoms with Crippen molar-refractivity contribution in [3.8, 4) is 0 Å². The number of ether oxygens (including phenoxy) is 1. The quantitative estimate of drug-likeness (QED) is 0.906. The molecule has 5 heteroatoms. The third-order valence-electron chi connectivity index (χ3n) is 4.16. The Morgan fingerprint density at radius 1 is 1.36 bits per heavy atom. The van der Waals surface area contributed by atoms with Crippen LogP contribution >= 0.6 is 0 Å². The van der Waals surface area contributed by atoms with E-state index in [1.54, 1.807) is 0 Å². The minimum Gasteiger partial charge on any atom is -0.372 e. The van der Waals surface area contributed by atoms with Gasteiger partial charge in [0.25, 0.3) is 0 Å². The van der Waals surface area contributed by atoms with Gasteiger partial charge in [-0.25, -0.2) is 0 Å². The molecule has 2 heterocycles. The van der Waals surface area contributed by atoms with E-state index in [1.807, 2.05) is 43.1 Å². The number of rotatable bonds is 3. The fourth-order valence-corrected chi connectivity index (χ4v) is 3.22. The molecule has 1 fully saturated rings. The average Bonchev–Trinajstić information content (AvgIpc) is 2.89. The summed E-state index contributed by atoms with van der Waals surface area (Å²) in [6, 6.07) is 7.55. The molecule has 118 valence electrons. The van der Waals surface area contributed by atoms with Crippen LogP contribution in [0.3, 0.4) is 0 Å². The van der Waals surface area contributed by atoms with Crippen LogP contribution in [0.4, 0.5) is 0 Å². The molecular formula is C17H23N3O2. The van der Waals surface area contributed by atoms with E-state index in [1.165, 1.54) is 0 Å². The number of hydrogen-bond donors (Lipinski definition) is 2. The summed E-state index contributed by atoms with van der Waals surface area (Å²) in [5, 5.41) is 1.13. The van der Waals surface area contributed by atoms with Crippen molar-refractivity contribution in [1.29, 1.82) is 0 Å². The van der Waals surface area contributed by atoms with Crippen LogP contribution in [-0.2, 0) is 16.0 Å². The number of hydrogen-bond acceptors (Lipinski definition) is 3.